The SMILES string of the molecule is CCC(=O)N1C[C@@H]2C[C@@H](c3ccc([N+](=O)[O-])cc3)[C@@H]2C1. The maximum Gasteiger partial charge on any atom is 0.269 e. The predicted molar refractivity (Wildman–Crippen MR) is 74.3 cm³/mol. The third kappa shape index (κ3) is 2.07. The van der Waals surface area contributed by atoms with Gasteiger partial charge in [0.25, 0.3) is 5.69 Å². The van der Waals surface area contributed by atoms with Crippen molar-refractivity contribution >= 4 is 11.6 Å². The van der Waals surface area contributed by atoms with Crippen LogP contribution in [0.15, 0.2) is 24.3 Å². The van der Waals surface area contributed by atoms with Crippen LogP contribution in [0.3, 0.4) is 0 Å². The smallest absolute Gasteiger partial charge is 0.269 e. The second kappa shape index (κ2) is 4.89. The summed E-state index contributed by atoms with van der Waals surface area (Å²) in [6.45, 7) is 3.64. The molecule has 0 radical (unpaired) electrons. The number of likely N-dealkylation sites (tertiary alicyclic amines) is 1. The van der Waals surface area contributed by atoms with Gasteiger partial charge in [0.1, 0.15) is 0 Å². The second-order valence-electron chi connectivity index (χ2n) is 5.77. The van der Waals surface area contributed by atoms with E-state index in [1.165, 1.54) is 5.56 Å². The third-order valence-electron chi connectivity index (χ3n) is 4.75. The number of rotatable bonds is 3. The van der Waals surface area contributed by atoms with Gasteiger partial charge >= 0.3 is 0 Å². The van der Waals surface area contributed by atoms with Crippen molar-refractivity contribution in [2.75, 3.05) is 13.1 Å². The molecule has 0 unspecified atom stereocenters. The van der Waals surface area contributed by atoms with E-state index in [1.807, 2.05) is 24.0 Å². The Morgan fingerprint density at radius 3 is 2.65 bits per heavy atom. The Bertz CT molecular complexity index is 541. The highest BCUT2D eigenvalue weighted by molar-refractivity contribution is 5.76. The highest BCUT2D eigenvalue weighted by atomic mass is 16.6. The van der Waals surface area contributed by atoms with E-state index in [2.05, 4.69) is 0 Å². The fourth-order valence-electron chi connectivity index (χ4n) is 3.56. The van der Waals surface area contributed by atoms with Gasteiger partial charge in [0, 0.05) is 31.6 Å². The molecule has 3 atom stereocenters. The number of non-ortho nitro benzene ring substituents is 1. The fourth-order valence-corrected chi connectivity index (χ4v) is 3.56. The van der Waals surface area contributed by atoms with Crippen LogP contribution in [0.4, 0.5) is 5.69 Å². The Balaban J connectivity index is 1.69. The topological polar surface area (TPSA) is 63.5 Å². The summed E-state index contributed by atoms with van der Waals surface area (Å²) < 4.78 is 0. The number of amides is 1. The van der Waals surface area contributed by atoms with E-state index in [4.69, 9.17) is 0 Å². The minimum absolute atomic E-state index is 0.138. The van der Waals surface area contributed by atoms with Crippen molar-refractivity contribution in [1.82, 2.24) is 4.90 Å². The molecule has 3 rings (SSSR count). The van der Waals surface area contributed by atoms with Crippen LogP contribution in [0.25, 0.3) is 0 Å². The Morgan fingerprint density at radius 1 is 1.35 bits per heavy atom. The lowest BCUT2D eigenvalue weighted by molar-refractivity contribution is -0.384. The molecular weight excluding hydrogens is 256 g/mol. The highest BCUT2D eigenvalue weighted by Gasteiger charge is 2.48. The van der Waals surface area contributed by atoms with Crippen LogP contribution in [0.2, 0.25) is 0 Å². The first-order valence-electron chi connectivity index (χ1n) is 7.12. The molecular formula is C15H18N2O3. The van der Waals surface area contributed by atoms with Gasteiger partial charge in [-0.25, -0.2) is 0 Å². The Labute approximate surface area is 117 Å². The fraction of sp³-hybridized carbons (Fsp3) is 0.533. The Morgan fingerprint density at radius 2 is 2.05 bits per heavy atom. The summed E-state index contributed by atoms with van der Waals surface area (Å²) in [4.78, 5) is 24.0. The Kier molecular flexibility index (Phi) is 3.20. The molecule has 5 nitrogen and oxygen atoms in total. The van der Waals surface area contributed by atoms with Gasteiger partial charge in [-0.3, -0.25) is 14.9 Å². The van der Waals surface area contributed by atoms with Gasteiger partial charge in [0.2, 0.25) is 5.91 Å². The number of nitrogens with zero attached hydrogens (tertiary/aromatic N) is 2. The number of benzene rings is 1. The van der Waals surface area contributed by atoms with Crippen LogP contribution in [0, 0.1) is 22.0 Å². The maximum absolute atomic E-state index is 11.7. The molecule has 0 aromatic heterocycles. The average Bonchev–Trinajstić information content (AvgIpc) is 2.76. The summed E-state index contributed by atoms with van der Waals surface area (Å²) in [5, 5.41) is 10.7. The van der Waals surface area contributed by atoms with Gasteiger partial charge < -0.3 is 4.90 Å². The molecule has 1 saturated heterocycles. The van der Waals surface area contributed by atoms with Gasteiger partial charge in [-0.05, 0) is 29.7 Å². The number of nitro benzene ring substituents is 1. The van der Waals surface area contributed by atoms with Gasteiger partial charge in [-0.1, -0.05) is 19.1 Å². The van der Waals surface area contributed by atoms with Crippen molar-refractivity contribution < 1.29 is 9.72 Å². The van der Waals surface area contributed by atoms with Gasteiger partial charge in [-0.15, -0.1) is 0 Å². The molecule has 0 N–H and O–H groups in total. The molecule has 2 fully saturated rings. The number of hydrogen-bond acceptors (Lipinski definition) is 3. The van der Waals surface area contributed by atoms with Gasteiger partial charge in [-0.2, -0.15) is 0 Å². The molecule has 106 valence electrons. The summed E-state index contributed by atoms with van der Waals surface area (Å²) in [5.41, 5.74) is 1.31. The zero-order chi connectivity index (χ0) is 14.3. The van der Waals surface area contributed by atoms with Crippen LogP contribution in [0.5, 0.6) is 0 Å². The van der Waals surface area contributed by atoms with E-state index in [9.17, 15) is 14.9 Å². The molecule has 0 bridgehead atoms. The molecule has 5 heteroatoms. The first kappa shape index (κ1) is 13.1. The molecule has 1 amide bonds. The van der Waals surface area contributed by atoms with Crippen LogP contribution in [-0.4, -0.2) is 28.8 Å². The predicted octanol–water partition coefficient (Wildman–Crippen LogP) is 2.57. The zero-order valence-corrected chi connectivity index (χ0v) is 11.5. The largest absolute Gasteiger partial charge is 0.342 e. The highest BCUT2D eigenvalue weighted by Crippen LogP contribution is 2.51. The average molecular weight is 274 g/mol. The van der Waals surface area contributed by atoms with E-state index in [0.717, 1.165) is 19.5 Å². The van der Waals surface area contributed by atoms with Crippen molar-refractivity contribution in [2.24, 2.45) is 11.8 Å². The van der Waals surface area contributed by atoms with Crippen LogP contribution >= 0.6 is 0 Å². The quantitative estimate of drug-likeness (QED) is 0.628. The minimum atomic E-state index is -0.370. The van der Waals surface area contributed by atoms with Crippen molar-refractivity contribution in [1.29, 1.82) is 0 Å². The van der Waals surface area contributed by atoms with Crippen LogP contribution < -0.4 is 0 Å². The van der Waals surface area contributed by atoms with Crippen LogP contribution in [0.1, 0.15) is 31.2 Å². The number of hydrogen-bond donors (Lipinski definition) is 0. The first-order chi connectivity index (χ1) is 9.60. The third-order valence-corrected chi connectivity index (χ3v) is 4.75. The van der Waals surface area contributed by atoms with E-state index in [1.54, 1.807) is 12.1 Å². The lowest BCUT2D eigenvalue weighted by Gasteiger charge is -2.39. The molecule has 20 heavy (non-hydrogen) atoms. The lowest BCUT2D eigenvalue weighted by Crippen LogP contribution is -2.33. The van der Waals surface area contributed by atoms with E-state index in [0.29, 0.717) is 24.2 Å². The van der Waals surface area contributed by atoms with Crippen molar-refractivity contribution in [2.45, 2.75) is 25.7 Å². The van der Waals surface area contributed by atoms with Crippen molar-refractivity contribution in [3.63, 3.8) is 0 Å². The minimum Gasteiger partial charge on any atom is -0.342 e. The second-order valence-corrected chi connectivity index (χ2v) is 5.77. The molecule has 0 spiro atoms. The van der Waals surface area contributed by atoms with Crippen molar-refractivity contribution in [3.8, 4) is 0 Å². The molecule has 1 aromatic carbocycles. The summed E-state index contributed by atoms with van der Waals surface area (Å²) >= 11 is 0. The normalized spacial score (nSPS) is 27.9. The summed E-state index contributed by atoms with van der Waals surface area (Å²) in [6.07, 6.45) is 1.66. The monoisotopic (exact) mass is 274 g/mol. The number of carbonyl (C=O) groups excluding carboxylic acids is 1. The van der Waals surface area contributed by atoms with E-state index in [-0.39, 0.29) is 16.5 Å². The maximum atomic E-state index is 11.7. The summed E-state index contributed by atoms with van der Waals surface area (Å²) in [7, 11) is 0. The molecule has 1 aromatic rings. The van der Waals surface area contributed by atoms with E-state index >= 15 is 0 Å². The standard InChI is InChI=1S/C15H18N2O3/c1-2-15(18)16-8-11-7-13(14(11)9-16)10-3-5-12(6-4-10)17(19)20/h3-6,11,13-14H,2,7-9H2,1H3/t11-,13-,14+/m0/s1. The molecule has 1 aliphatic carbocycles. The summed E-state index contributed by atoms with van der Waals surface area (Å²) in [5.74, 6) is 1.84. The first-order valence-corrected chi connectivity index (χ1v) is 7.12. The van der Waals surface area contributed by atoms with Crippen LogP contribution in [-0.2, 0) is 4.79 Å². The Hall–Kier alpha value is -1.91. The molecule has 1 heterocycles. The number of carbonyl (C=O) groups is 1. The number of fused-ring (bicyclic) bond motifs is 1. The number of nitro groups is 1. The molecule has 1 aliphatic heterocycles. The van der Waals surface area contributed by atoms with Gasteiger partial charge in [0.15, 0.2) is 0 Å². The molecule has 1 saturated carbocycles. The molecule has 2 aliphatic rings. The van der Waals surface area contributed by atoms with Crippen molar-refractivity contribution in [3.05, 3.63) is 39.9 Å². The summed E-state index contributed by atoms with van der Waals surface area (Å²) in [6, 6.07) is 6.88. The zero-order valence-electron chi connectivity index (χ0n) is 11.5. The lowest BCUT2D eigenvalue weighted by atomic mass is 9.64. The van der Waals surface area contributed by atoms with Gasteiger partial charge in [0.05, 0.1) is 4.92 Å². The van der Waals surface area contributed by atoms with E-state index < -0.39 is 0 Å².